The van der Waals surface area contributed by atoms with Crippen LogP contribution in [0.3, 0.4) is 0 Å². The third-order valence-corrected chi connectivity index (χ3v) is 2.65. The Morgan fingerprint density at radius 3 is 1.75 bits per heavy atom. The molecule has 0 unspecified atom stereocenters. The van der Waals surface area contributed by atoms with Gasteiger partial charge >= 0.3 is 6.18 Å². The lowest BCUT2D eigenvalue weighted by atomic mass is 10.0. The van der Waals surface area contributed by atoms with Gasteiger partial charge in [0.15, 0.2) is 5.03 Å². The number of rotatable bonds is 3. The first kappa shape index (κ1) is 13.9. The van der Waals surface area contributed by atoms with Gasteiger partial charge in [0.2, 0.25) is 0 Å². The zero-order valence-corrected chi connectivity index (χ0v) is 10.0. The smallest absolute Gasteiger partial charge is 0.235 e. The summed E-state index contributed by atoms with van der Waals surface area (Å²) in [6.07, 6.45) is -4.36. The summed E-state index contributed by atoms with van der Waals surface area (Å²) in [6, 6.07) is 10.9. The van der Waals surface area contributed by atoms with Crippen LogP contribution < -0.4 is 5.43 Å². The molecular weight excluding hydrogens is 273 g/mol. The van der Waals surface area contributed by atoms with Gasteiger partial charge < -0.3 is 0 Å². The van der Waals surface area contributed by atoms with Crippen LogP contribution in [0.1, 0.15) is 5.56 Å². The van der Waals surface area contributed by atoms with Crippen molar-refractivity contribution < 1.29 is 18.2 Å². The molecule has 0 radical (unpaired) electrons. The summed E-state index contributed by atoms with van der Waals surface area (Å²) in [5.41, 5.74) is 2.84. The molecule has 1 N–H and O–H groups in total. The maximum absolute atomic E-state index is 12.4. The molecule has 0 aliphatic carbocycles. The van der Waals surface area contributed by atoms with Gasteiger partial charge in [-0.2, -0.15) is 13.2 Å². The van der Waals surface area contributed by atoms with E-state index in [1.54, 1.807) is 12.1 Å². The Kier molecular flexibility index (Phi) is 3.60. The summed E-state index contributed by atoms with van der Waals surface area (Å²) in [5.74, 6) is 0. The third-order valence-electron chi connectivity index (χ3n) is 2.65. The van der Waals surface area contributed by atoms with Crippen LogP contribution in [0.25, 0.3) is 11.1 Å². The summed E-state index contributed by atoms with van der Waals surface area (Å²) in [6.45, 7) is 0. The zero-order chi connectivity index (χ0) is 14.8. The van der Waals surface area contributed by atoms with E-state index in [0.29, 0.717) is 16.8 Å². The van der Waals surface area contributed by atoms with Crippen molar-refractivity contribution in [3.8, 4) is 11.1 Å². The summed E-state index contributed by atoms with van der Waals surface area (Å²) < 4.78 is 37.3. The van der Waals surface area contributed by atoms with Crippen LogP contribution in [-0.4, -0.2) is 5.03 Å². The molecular formula is C13H9F3N2O2. The van der Waals surface area contributed by atoms with Gasteiger partial charge in [-0.05, 0) is 35.4 Å². The van der Waals surface area contributed by atoms with E-state index in [0.717, 1.165) is 12.1 Å². The first-order chi connectivity index (χ1) is 9.36. The molecule has 0 amide bonds. The lowest BCUT2D eigenvalue weighted by Gasteiger charge is -2.08. The topological polar surface area (TPSA) is 55.2 Å². The van der Waals surface area contributed by atoms with Gasteiger partial charge in [0, 0.05) is 0 Å². The standard InChI is InChI=1S/C13H9F3N2O2/c14-13(15,16)11-5-1-9(2-6-11)10-3-7-12(8-4-10)17-18(19)20/h1-8,17H. The van der Waals surface area contributed by atoms with E-state index in [4.69, 9.17) is 0 Å². The molecule has 0 heterocycles. The lowest BCUT2D eigenvalue weighted by Crippen LogP contribution is -2.07. The van der Waals surface area contributed by atoms with E-state index in [2.05, 4.69) is 0 Å². The molecule has 0 bridgehead atoms. The minimum absolute atomic E-state index is 0.297. The predicted molar refractivity (Wildman–Crippen MR) is 67.5 cm³/mol. The Hall–Kier alpha value is -2.57. The number of benzene rings is 2. The fourth-order valence-electron chi connectivity index (χ4n) is 1.69. The van der Waals surface area contributed by atoms with E-state index >= 15 is 0 Å². The highest BCUT2D eigenvalue weighted by Gasteiger charge is 2.29. The number of nitrogens with zero attached hydrogens (tertiary/aromatic N) is 1. The highest BCUT2D eigenvalue weighted by Crippen LogP contribution is 2.31. The molecule has 0 fully saturated rings. The van der Waals surface area contributed by atoms with Gasteiger partial charge in [0.25, 0.3) is 0 Å². The molecule has 0 aliphatic heterocycles. The van der Waals surface area contributed by atoms with Gasteiger partial charge in [0.1, 0.15) is 5.69 Å². The molecule has 104 valence electrons. The molecule has 0 aliphatic rings. The largest absolute Gasteiger partial charge is 0.416 e. The van der Waals surface area contributed by atoms with Gasteiger partial charge in [-0.25, -0.2) is 10.1 Å². The highest BCUT2D eigenvalue weighted by molar-refractivity contribution is 5.66. The van der Waals surface area contributed by atoms with E-state index in [9.17, 15) is 23.3 Å². The Bertz CT molecular complexity index is 607. The van der Waals surface area contributed by atoms with Crippen LogP contribution in [-0.2, 0) is 6.18 Å². The fourth-order valence-corrected chi connectivity index (χ4v) is 1.69. The Labute approximate surface area is 112 Å². The van der Waals surface area contributed by atoms with E-state index in [-0.39, 0.29) is 0 Å². The van der Waals surface area contributed by atoms with Crippen molar-refractivity contribution in [1.82, 2.24) is 0 Å². The first-order valence-corrected chi connectivity index (χ1v) is 5.55. The molecule has 0 saturated heterocycles. The maximum Gasteiger partial charge on any atom is 0.416 e. The number of nitro groups is 1. The first-order valence-electron chi connectivity index (χ1n) is 5.55. The van der Waals surface area contributed by atoms with Gasteiger partial charge in [-0.3, -0.25) is 0 Å². The summed E-state index contributed by atoms with van der Waals surface area (Å²) in [5, 5.41) is 9.56. The minimum atomic E-state index is -4.36. The summed E-state index contributed by atoms with van der Waals surface area (Å²) >= 11 is 0. The quantitative estimate of drug-likeness (QED) is 0.684. The van der Waals surface area contributed by atoms with Crippen molar-refractivity contribution >= 4 is 5.69 Å². The molecule has 7 heteroatoms. The van der Waals surface area contributed by atoms with Crippen LogP contribution in [0.5, 0.6) is 0 Å². The van der Waals surface area contributed by atoms with Crippen molar-refractivity contribution in [3.63, 3.8) is 0 Å². The SMILES string of the molecule is O=[N+]([O-])Nc1ccc(-c2ccc(C(F)(F)F)cc2)cc1. The number of alkyl halides is 3. The monoisotopic (exact) mass is 282 g/mol. The molecule has 0 saturated carbocycles. The van der Waals surface area contributed by atoms with Crippen molar-refractivity contribution in [1.29, 1.82) is 0 Å². The van der Waals surface area contributed by atoms with Gasteiger partial charge in [0.05, 0.1) is 5.56 Å². The summed E-state index contributed by atoms with van der Waals surface area (Å²) in [4.78, 5) is 10.2. The number of hydrogen-bond donors (Lipinski definition) is 1. The van der Waals surface area contributed by atoms with Crippen LogP contribution in [0.4, 0.5) is 18.9 Å². The molecule has 2 aromatic rings. The molecule has 0 atom stereocenters. The van der Waals surface area contributed by atoms with Gasteiger partial charge in [-0.15, -0.1) is 5.43 Å². The van der Waals surface area contributed by atoms with Crippen molar-refractivity contribution in [3.05, 3.63) is 64.2 Å². The molecule has 0 spiro atoms. The Balaban J connectivity index is 2.21. The summed E-state index contributed by atoms with van der Waals surface area (Å²) in [7, 11) is 0. The number of anilines is 1. The molecule has 2 aromatic carbocycles. The second-order valence-electron chi connectivity index (χ2n) is 4.02. The lowest BCUT2D eigenvalue weighted by molar-refractivity contribution is -0.445. The molecule has 2 rings (SSSR count). The Morgan fingerprint density at radius 2 is 1.35 bits per heavy atom. The average molecular weight is 282 g/mol. The maximum atomic E-state index is 12.4. The second kappa shape index (κ2) is 5.20. The highest BCUT2D eigenvalue weighted by atomic mass is 19.4. The molecule has 20 heavy (non-hydrogen) atoms. The van der Waals surface area contributed by atoms with E-state index in [1.165, 1.54) is 24.3 Å². The predicted octanol–water partition coefficient (Wildman–Crippen LogP) is 3.98. The number of nitrogens with one attached hydrogen (secondary N) is 1. The van der Waals surface area contributed by atoms with Crippen molar-refractivity contribution in [2.24, 2.45) is 0 Å². The fraction of sp³-hybridized carbons (Fsp3) is 0.0769. The molecule has 0 aromatic heterocycles. The average Bonchev–Trinajstić information content (AvgIpc) is 2.38. The van der Waals surface area contributed by atoms with E-state index < -0.39 is 16.8 Å². The van der Waals surface area contributed by atoms with E-state index in [1.807, 2.05) is 5.43 Å². The number of hydrogen-bond acceptors (Lipinski definition) is 2. The van der Waals surface area contributed by atoms with Crippen LogP contribution in [0.15, 0.2) is 48.5 Å². The number of hydrazine groups is 1. The van der Waals surface area contributed by atoms with Crippen LogP contribution >= 0.6 is 0 Å². The van der Waals surface area contributed by atoms with Crippen molar-refractivity contribution in [2.45, 2.75) is 6.18 Å². The van der Waals surface area contributed by atoms with Crippen LogP contribution in [0.2, 0.25) is 0 Å². The normalized spacial score (nSPS) is 11.2. The zero-order valence-electron chi connectivity index (χ0n) is 10.0. The minimum Gasteiger partial charge on any atom is -0.235 e. The third kappa shape index (κ3) is 3.25. The van der Waals surface area contributed by atoms with Crippen LogP contribution in [0, 0.1) is 10.1 Å². The van der Waals surface area contributed by atoms with Crippen molar-refractivity contribution in [2.75, 3.05) is 5.43 Å². The van der Waals surface area contributed by atoms with Gasteiger partial charge in [-0.1, -0.05) is 24.3 Å². The Morgan fingerprint density at radius 1 is 0.900 bits per heavy atom. The molecule has 4 nitrogen and oxygen atoms in total. The number of halogens is 3. The second-order valence-corrected chi connectivity index (χ2v) is 4.02.